The van der Waals surface area contributed by atoms with Crippen LogP contribution in [0.1, 0.15) is 30.1 Å². The average molecular weight is 177 g/mol. The maximum atomic E-state index is 6.07. The minimum absolute atomic E-state index is 0.160. The van der Waals surface area contributed by atoms with Crippen LogP contribution < -0.4 is 11.5 Å². The third kappa shape index (κ3) is 1.65. The number of aromatic nitrogens is 1. The molecule has 3 heteroatoms. The first-order chi connectivity index (χ1) is 6.18. The van der Waals surface area contributed by atoms with Crippen LogP contribution in [0.4, 0.5) is 5.82 Å². The minimum atomic E-state index is 0.160. The van der Waals surface area contributed by atoms with Crippen molar-refractivity contribution in [1.82, 2.24) is 4.98 Å². The van der Waals surface area contributed by atoms with Crippen LogP contribution in [0.2, 0.25) is 0 Å². The Hall–Kier alpha value is -1.09. The van der Waals surface area contributed by atoms with Crippen molar-refractivity contribution in [1.29, 1.82) is 0 Å². The molecule has 1 aliphatic rings. The lowest BCUT2D eigenvalue weighted by Gasteiger charge is -2.13. The van der Waals surface area contributed by atoms with Crippen LogP contribution in [0.5, 0.6) is 0 Å². The molecule has 1 saturated carbocycles. The van der Waals surface area contributed by atoms with E-state index in [0.717, 1.165) is 11.3 Å². The van der Waals surface area contributed by atoms with Crippen LogP contribution in [0.3, 0.4) is 0 Å². The number of nitrogens with zero attached hydrogens (tertiary/aromatic N) is 1. The van der Waals surface area contributed by atoms with Gasteiger partial charge in [0.15, 0.2) is 0 Å². The highest BCUT2D eigenvalue weighted by atomic mass is 14.8. The van der Waals surface area contributed by atoms with Crippen molar-refractivity contribution < 1.29 is 0 Å². The quantitative estimate of drug-likeness (QED) is 0.717. The number of nitrogen functional groups attached to an aromatic ring is 1. The molecule has 0 unspecified atom stereocenters. The van der Waals surface area contributed by atoms with E-state index in [0.29, 0.717) is 11.7 Å². The lowest BCUT2D eigenvalue weighted by Crippen LogP contribution is -2.14. The number of hydrogen-bond donors (Lipinski definition) is 2. The fraction of sp³-hybridized carbons (Fsp3) is 0.500. The molecule has 4 N–H and O–H groups in total. The smallest absolute Gasteiger partial charge is 0.123 e. The van der Waals surface area contributed by atoms with Gasteiger partial charge in [0.2, 0.25) is 0 Å². The van der Waals surface area contributed by atoms with E-state index in [1.807, 2.05) is 19.1 Å². The summed E-state index contributed by atoms with van der Waals surface area (Å²) in [6, 6.07) is 3.98. The van der Waals surface area contributed by atoms with E-state index in [1.54, 1.807) is 0 Å². The van der Waals surface area contributed by atoms with Gasteiger partial charge in [0.05, 0.1) is 0 Å². The summed E-state index contributed by atoms with van der Waals surface area (Å²) in [5.74, 6) is 1.24. The second kappa shape index (κ2) is 3.00. The van der Waals surface area contributed by atoms with Crippen molar-refractivity contribution in [3.63, 3.8) is 0 Å². The molecular weight excluding hydrogens is 162 g/mol. The zero-order chi connectivity index (χ0) is 9.42. The predicted octanol–water partition coefficient (Wildman–Crippen LogP) is 1.38. The molecule has 0 aliphatic heterocycles. The van der Waals surface area contributed by atoms with Crippen LogP contribution in [-0.4, -0.2) is 4.98 Å². The lowest BCUT2D eigenvalue weighted by molar-refractivity contribution is 0.626. The van der Waals surface area contributed by atoms with E-state index in [9.17, 15) is 0 Å². The number of pyridine rings is 1. The fourth-order valence-electron chi connectivity index (χ4n) is 1.65. The molecule has 1 aromatic rings. The average Bonchev–Trinajstić information content (AvgIpc) is 2.85. The van der Waals surface area contributed by atoms with Crippen LogP contribution in [0.15, 0.2) is 12.1 Å². The molecule has 1 aliphatic carbocycles. The molecule has 0 saturated heterocycles. The van der Waals surface area contributed by atoms with Crippen molar-refractivity contribution in [3.8, 4) is 0 Å². The Morgan fingerprint density at radius 2 is 2.15 bits per heavy atom. The first kappa shape index (κ1) is 8.51. The zero-order valence-electron chi connectivity index (χ0n) is 7.83. The van der Waals surface area contributed by atoms with Crippen LogP contribution in [0.25, 0.3) is 0 Å². The summed E-state index contributed by atoms with van der Waals surface area (Å²) in [7, 11) is 0. The number of nitrogens with two attached hydrogens (primary N) is 2. The van der Waals surface area contributed by atoms with E-state index in [2.05, 4.69) is 4.98 Å². The molecule has 13 heavy (non-hydrogen) atoms. The number of hydrogen-bond acceptors (Lipinski definition) is 3. The van der Waals surface area contributed by atoms with Crippen LogP contribution in [0, 0.1) is 12.8 Å². The monoisotopic (exact) mass is 177 g/mol. The van der Waals surface area contributed by atoms with Gasteiger partial charge in [0.1, 0.15) is 5.82 Å². The van der Waals surface area contributed by atoms with E-state index in [-0.39, 0.29) is 6.04 Å². The highest BCUT2D eigenvalue weighted by molar-refractivity contribution is 5.35. The Labute approximate surface area is 78.1 Å². The lowest BCUT2D eigenvalue weighted by atomic mass is 10.0. The van der Waals surface area contributed by atoms with Gasteiger partial charge in [-0.15, -0.1) is 0 Å². The van der Waals surface area contributed by atoms with Gasteiger partial charge in [0, 0.05) is 11.7 Å². The first-order valence-corrected chi connectivity index (χ1v) is 4.67. The van der Waals surface area contributed by atoms with E-state index in [1.165, 1.54) is 12.8 Å². The Kier molecular flexibility index (Phi) is 1.96. The van der Waals surface area contributed by atoms with Crippen molar-refractivity contribution in [2.45, 2.75) is 25.8 Å². The molecule has 2 rings (SSSR count). The third-order valence-electron chi connectivity index (χ3n) is 2.64. The Morgan fingerprint density at radius 1 is 1.46 bits per heavy atom. The fourth-order valence-corrected chi connectivity index (χ4v) is 1.65. The van der Waals surface area contributed by atoms with Gasteiger partial charge in [0.25, 0.3) is 0 Å². The summed E-state index contributed by atoms with van der Waals surface area (Å²) in [4.78, 5) is 4.20. The molecule has 3 nitrogen and oxygen atoms in total. The highest BCUT2D eigenvalue weighted by Crippen LogP contribution is 2.39. The van der Waals surface area contributed by atoms with Gasteiger partial charge >= 0.3 is 0 Å². The second-order valence-corrected chi connectivity index (χ2v) is 3.77. The third-order valence-corrected chi connectivity index (χ3v) is 2.64. The molecule has 1 heterocycles. The summed E-state index contributed by atoms with van der Waals surface area (Å²) in [6.07, 6.45) is 2.51. The largest absolute Gasteiger partial charge is 0.384 e. The summed E-state index contributed by atoms with van der Waals surface area (Å²) in [6.45, 7) is 1.97. The van der Waals surface area contributed by atoms with Gasteiger partial charge in [-0.05, 0) is 37.3 Å². The summed E-state index contributed by atoms with van der Waals surface area (Å²) in [5, 5.41) is 0. The number of aryl methyl sites for hydroxylation is 1. The molecule has 70 valence electrons. The van der Waals surface area contributed by atoms with Crippen molar-refractivity contribution in [2.24, 2.45) is 11.7 Å². The molecular formula is C10H15N3. The van der Waals surface area contributed by atoms with E-state index >= 15 is 0 Å². The summed E-state index contributed by atoms with van der Waals surface area (Å²) in [5.41, 5.74) is 13.8. The maximum Gasteiger partial charge on any atom is 0.123 e. The normalized spacial score (nSPS) is 18.6. The maximum absolute atomic E-state index is 6.07. The topological polar surface area (TPSA) is 64.9 Å². The molecule has 0 radical (unpaired) electrons. The number of rotatable bonds is 2. The standard InChI is InChI=1S/C10H15N3/c1-6-8(4-5-9(11)13-6)10(12)7-2-3-7/h4-5,7,10H,2-3,12H2,1H3,(H2,11,13)/t10-/m1/s1. The molecule has 1 fully saturated rings. The Balaban J connectivity index is 2.28. The molecule has 0 aromatic carbocycles. The Morgan fingerprint density at radius 3 is 2.69 bits per heavy atom. The van der Waals surface area contributed by atoms with Gasteiger partial charge in [-0.2, -0.15) is 0 Å². The molecule has 0 amide bonds. The predicted molar refractivity (Wildman–Crippen MR) is 53.0 cm³/mol. The zero-order valence-corrected chi connectivity index (χ0v) is 7.83. The van der Waals surface area contributed by atoms with Crippen LogP contribution in [-0.2, 0) is 0 Å². The SMILES string of the molecule is Cc1nc(N)ccc1[C@H](N)C1CC1. The highest BCUT2D eigenvalue weighted by Gasteiger charge is 2.30. The number of anilines is 1. The van der Waals surface area contributed by atoms with Gasteiger partial charge in [-0.25, -0.2) is 4.98 Å². The molecule has 1 atom stereocenters. The van der Waals surface area contributed by atoms with E-state index < -0.39 is 0 Å². The second-order valence-electron chi connectivity index (χ2n) is 3.77. The van der Waals surface area contributed by atoms with Gasteiger partial charge < -0.3 is 11.5 Å². The summed E-state index contributed by atoms with van der Waals surface area (Å²) >= 11 is 0. The van der Waals surface area contributed by atoms with Gasteiger partial charge in [-0.1, -0.05) is 6.07 Å². The first-order valence-electron chi connectivity index (χ1n) is 4.67. The van der Waals surface area contributed by atoms with Crippen molar-refractivity contribution in [2.75, 3.05) is 5.73 Å². The summed E-state index contributed by atoms with van der Waals surface area (Å²) < 4.78 is 0. The van der Waals surface area contributed by atoms with Gasteiger partial charge in [-0.3, -0.25) is 0 Å². The minimum Gasteiger partial charge on any atom is -0.384 e. The molecule has 0 bridgehead atoms. The molecule has 0 spiro atoms. The van der Waals surface area contributed by atoms with Crippen molar-refractivity contribution in [3.05, 3.63) is 23.4 Å². The Bertz CT molecular complexity index is 318. The van der Waals surface area contributed by atoms with Crippen molar-refractivity contribution >= 4 is 5.82 Å². The van der Waals surface area contributed by atoms with E-state index in [4.69, 9.17) is 11.5 Å². The molecule has 1 aromatic heterocycles. The van der Waals surface area contributed by atoms with Crippen LogP contribution >= 0.6 is 0 Å².